The third kappa shape index (κ3) is 3.64. The molecule has 2 heterocycles. The van der Waals surface area contributed by atoms with Gasteiger partial charge in [-0.25, -0.2) is 0 Å². The van der Waals surface area contributed by atoms with Crippen molar-refractivity contribution in [2.75, 3.05) is 39.4 Å². The van der Waals surface area contributed by atoms with Crippen LogP contribution in [-0.4, -0.2) is 55.9 Å². The number of quaternary nitrogens is 1. The van der Waals surface area contributed by atoms with Crippen LogP contribution in [0.25, 0.3) is 0 Å². The summed E-state index contributed by atoms with van der Waals surface area (Å²) in [7, 11) is 0. The van der Waals surface area contributed by atoms with Crippen LogP contribution in [0.2, 0.25) is 0 Å². The summed E-state index contributed by atoms with van der Waals surface area (Å²) in [6.07, 6.45) is 4.11. The van der Waals surface area contributed by atoms with Crippen LogP contribution >= 0.6 is 11.8 Å². The molecule has 0 aromatic heterocycles. The van der Waals surface area contributed by atoms with Crippen LogP contribution in [0.3, 0.4) is 0 Å². The molecular formula is C14H27N3OS+2. The highest BCUT2D eigenvalue weighted by Gasteiger charge is 2.40. The Labute approximate surface area is 120 Å². The minimum atomic E-state index is 0.722. The predicted octanol–water partition coefficient (Wildman–Crippen LogP) is -1.77. The molecule has 0 radical (unpaired) electrons. The summed E-state index contributed by atoms with van der Waals surface area (Å²) in [5.41, 5.74) is 0. The van der Waals surface area contributed by atoms with Crippen molar-refractivity contribution >= 4 is 16.9 Å². The summed E-state index contributed by atoms with van der Waals surface area (Å²) in [6.45, 7) is 8.88. The van der Waals surface area contributed by atoms with Gasteiger partial charge in [-0.15, -0.1) is 0 Å². The number of fused-ring (bicyclic) bond motifs is 1. The Morgan fingerprint density at radius 1 is 1.37 bits per heavy atom. The predicted molar refractivity (Wildman–Crippen MR) is 78.5 cm³/mol. The van der Waals surface area contributed by atoms with Gasteiger partial charge in [-0.3, -0.25) is 10.3 Å². The van der Waals surface area contributed by atoms with Gasteiger partial charge in [-0.1, -0.05) is 6.92 Å². The maximum Gasteiger partial charge on any atom is 0.304 e. The van der Waals surface area contributed by atoms with E-state index >= 15 is 0 Å². The first-order valence-electron chi connectivity index (χ1n) is 7.76. The van der Waals surface area contributed by atoms with Gasteiger partial charge < -0.3 is 9.64 Å². The number of thioether (sulfide) groups is 1. The Bertz CT molecular complexity index is 331. The van der Waals surface area contributed by atoms with Crippen molar-refractivity contribution in [3.8, 4) is 0 Å². The second kappa shape index (κ2) is 6.46. The van der Waals surface area contributed by atoms with Crippen molar-refractivity contribution in [2.45, 2.75) is 37.5 Å². The second-order valence-corrected chi connectivity index (χ2v) is 7.44. The molecular weight excluding hydrogens is 258 g/mol. The fraction of sp³-hybridized carbons (Fsp3) is 0.929. The van der Waals surface area contributed by atoms with Crippen molar-refractivity contribution in [3.05, 3.63) is 0 Å². The first-order valence-corrected chi connectivity index (χ1v) is 8.64. The minimum absolute atomic E-state index is 0.722. The number of amidine groups is 1. The molecule has 3 fully saturated rings. The highest BCUT2D eigenvalue weighted by molar-refractivity contribution is 8.14. The van der Waals surface area contributed by atoms with E-state index in [1.165, 1.54) is 44.1 Å². The van der Waals surface area contributed by atoms with E-state index < -0.39 is 0 Å². The van der Waals surface area contributed by atoms with Gasteiger partial charge in [-0.05, 0) is 36.9 Å². The summed E-state index contributed by atoms with van der Waals surface area (Å²) < 4.78 is 5.39. The number of hydrogen-bond donors (Lipinski definition) is 3. The zero-order chi connectivity index (χ0) is 13.1. The number of nitrogens with one attached hydrogen (secondary N) is 3. The zero-order valence-corrected chi connectivity index (χ0v) is 12.7. The molecule has 2 saturated heterocycles. The van der Waals surface area contributed by atoms with Crippen LogP contribution in [0.5, 0.6) is 0 Å². The van der Waals surface area contributed by atoms with E-state index in [0.717, 1.165) is 37.0 Å². The van der Waals surface area contributed by atoms with E-state index in [1.807, 2.05) is 11.8 Å². The molecule has 19 heavy (non-hydrogen) atoms. The fourth-order valence-electron chi connectivity index (χ4n) is 3.33. The van der Waals surface area contributed by atoms with Crippen LogP contribution < -0.4 is 15.2 Å². The molecule has 0 amide bonds. The Balaban J connectivity index is 1.43. The average molecular weight is 285 g/mol. The van der Waals surface area contributed by atoms with Gasteiger partial charge >= 0.3 is 5.17 Å². The summed E-state index contributed by atoms with van der Waals surface area (Å²) >= 11 is 2.05. The molecule has 0 aromatic rings. The number of ether oxygens (including phenoxy) is 1. The summed E-state index contributed by atoms with van der Waals surface area (Å²) in [6, 6.07) is 0.722. The summed E-state index contributed by atoms with van der Waals surface area (Å²) in [4.78, 5) is 5.28. The van der Waals surface area contributed by atoms with Gasteiger partial charge in [0.25, 0.3) is 0 Å². The van der Waals surface area contributed by atoms with Gasteiger partial charge in [0.1, 0.15) is 32.2 Å². The highest BCUT2D eigenvalue weighted by Crippen LogP contribution is 2.35. The second-order valence-electron chi connectivity index (χ2n) is 6.19. The maximum atomic E-state index is 5.39. The molecule has 4 nitrogen and oxygen atoms in total. The van der Waals surface area contributed by atoms with Gasteiger partial charge in [0.15, 0.2) is 0 Å². The quantitative estimate of drug-likeness (QED) is 0.575. The number of rotatable bonds is 3. The molecule has 2 aliphatic heterocycles. The van der Waals surface area contributed by atoms with E-state index in [-0.39, 0.29) is 0 Å². The van der Waals surface area contributed by atoms with Gasteiger partial charge in [0.2, 0.25) is 0 Å². The Hall–Kier alpha value is -0.260. The molecule has 3 aliphatic rings. The van der Waals surface area contributed by atoms with E-state index in [1.54, 1.807) is 4.90 Å². The van der Waals surface area contributed by atoms with Gasteiger partial charge in [0.05, 0.1) is 18.5 Å². The SMILES string of the molecule is CC1CCC2NC(=[NH+]CC[NH+]3CCOCC3)SC2C1. The normalized spacial score (nSPS) is 38.2. The molecule has 0 aromatic carbocycles. The first kappa shape index (κ1) is 13.7. The van der Waals surface area contributed by atoms with Crippen LogP contribution in [0.1, 0.15) is 26.2 Å². The molecule has 3 atom stereocenters. The topological polar surface area (TPSA) is 39.7 Å². The molecule has 3 unspecified atom stereocenters. The zero-order valence-electron chi connectivity index (χ0n) is 11.9. The lowest BCUT2D eigenvalue weighted by atomic mass is 9.87. The molecule has 3 rings (SSSR count). The van der Waals surface area contributed by atoms with E-state index in [4.69, 9.17) is 4.74 Å². The third-order valence-electron chi connectivity index (χ3n) is 4.60. The number of hydrogen-bond acceptors (Lipinski definition) is 2. The Morgan fingerprint density at radius 3 is 3.05 bits per heavy atom. The lowest BCUT2D eigenvalue weighted by Gasteiger charge is -2.25. The van der Waals surface area contributed by atoms with Crippen molar-refractivity contribution in [2.24, 2.45) is 5.92 Å². The van der Waals surface area contributed by atoms with Crippen molar-refractivity contribution in [1.82, 2.24) is 5.32 Å². The Kier molecular flexibility index (Phi) is 4.66. The van der Waals surface area contributed by atoms with Crippen molar-refractivity contribution in [1.29, 1.82) is 0 Å². The van der Waals surface area contributed by atoms with Crippen LogP contribution in [0.15, 0.2) is 0 Å². The highest BCUT2D eigenvalue weighted by atomic mass is 32.2. The standard InChI is InChI=1S/C14H25N3OS/c1-11-2-3-12-13(10-11)19-14(16-12)15-4-5-17-6-8-18-9-7-17/h11-13H,2-10H2,1H3,(H,15,16)/p+2. The summed E-state index contributed by atoms with van der Waals surface area (Å²) in [5.74, 6) is 0.910. The number of morpholine rings is 1. The molecule has 108 valence electrons. The molecule has 3 N–H and O–H groups in total. The molecule has 1 saturated carbocycles. The molecule has 0 spiro atoms. The third-order valence-corrected chi connectivity index (χ3v) is 5.93. The fourth-order valence-corrected chi connectivity index (χ4v) is 4.83. The first-order chi connectivity index (χ1) is 9.31. The average Bonchev–Trinajstić information content (AvgIpc) is 2.82. The van der Waals surface area contributed by atoms with Crippen LogP contribution in [0, 0.1) is 5.92 Å². The smallest absolute Gasteiger partial charge is 0.304 e. The van der Waals surface area contributed by atoms with Crippen molar-refractivity contribution in [3.63, 3.8) is 0 Å². The van der Waals surface area contributed by atoms with E-state index in [9.17, 15) is 0 Å². The lowest BCUT2D eigenvalue weighted by molar-refractivity contribution is -0.914. The lowest BCUT2D eigenvalue weighted by Crippen LogP contribution is -3.15. The van der Waals surface area contributed by atoms with Gasteiger partial charge in [0, 0.05) is 0 Å². The van der Waals surface area contributed by atoms with E-state index in [0.29, 0.717) is 0 Å². The molecule has 1 aliphatic carbocycles. The van der Waals surface area contributed by atoms with Gasteiger partial charge in [-0.2, -0.15) is 0 Å². The van der Waals surface area contributed by atoms with Crippen LogP contribution in [-0.2, 0) is 4.74 Å². The Morgan fingerprint density at radius 2 is 2.21 bits per heavy atom. The largest absolute Gasteiger partial charge is 0.370 e. The molecule has 0 bridgehead atoms. The van der Waals surface area contributed by atoms with Crippen molar-refractivity contribution < 1.29 is 14.6 Å². The monoisotopic (exact) mass is 285 g/mol. The van der Waals surface area contributed by atoms with E-state index in [2.05, 4.69) is 17.2 Å². The molecule has 5 heteroatoms. The maximum absolute atomic E-state index is 5.39. The van der Waals surface area contributed by atoms with Crippen LogP contribution in [0.4, 0.5) is 0 Å². The summed E-state index contributed by atoms with van der Waals surface area (Å²) in [5, 5.41) is 5.82. The minimum Gasteiger partial charge on any atom is -0.370 e.